The van der Waals surface area contributed by atoms with Crippen LogP contribution in [0.4, 0.5) is 10.1 Å². The van der Waals surface area contributed by atoms with Gasteiger partial charge >= 0.3 is 0 Å². The molecule has 4 rings (SSSR count). The van der Waals surface area contributed by atoms with Crippen LogP contribution in [0.25, 0.3) is 6.08 Å². The van der Waals surface area contributed by atoms with E-state index in [2.05, 4.69) is 4.99 Å². The molecule has 3 aromatic rings. The summed E-state index contributed by atoms with van der Waals surface area (Å²) in [5, 5.41) is 0. The van der Waals surface area contributed by atoms with Crippen molar-refractivity contribution < 1.29 is 13.9 Å². The van der Waals surface area contributed by atoms with Gasteiger partial charge in [-0.1, -0.05) is 42.5 Å². The van der Waals surface area contributed by atoms with E-state index in [1.165, 1.54) is 17.0 Å². The summed E-state index contributed by atoms with van der Waals surface area (Å²) in [4.78, 5) is 19.2. The maximum Gasteiger partial charge on any atom is 0.282 e. The largest absolute Gasteiger partial charge is 0.497 e. The molecule has 0 saturated carbocycles. The normalized spacial score (nSPS) is 15.1. The quantitative estimate of drug-likeness (QED) is 0.625. The molecule has 1 heterocycles. The van der Waals surface area contributed by atoms with E-state index in [9.17, 15) is 9.18 Å². The molecule has 0 atom stereocenters. The van der Waals surface area contributed by atoms with Crippen molar-refractivity contribution in [1.29, 1.82) is 0 Å². The molecule has 5 heteroatoms. The van der Waals surface area contributed by atoms with Crippen LogP contribution in [0.5, 0.6) is 5.75 Å². The minimum absolute atomic E-state index is 0.263. The van der Waals surface area contributed by atoms with Gasteiger partial charge in [0, 0.05) is 5.56 Å². The molecule has 0 aromatic heterocycles. The molecule has 0 aliphatic carbocycles. The molecule has 138 valence electrons. The number of nitrogens with zero attached hydrogens (tertiary/aromatic N) is 2. The molecule has 0 bridgehead atoms. The Morgan fingerprint density at radius 1 is 0.929 bits per heavy atom. The van der Waals surface area contributed by atoms with E-state index in [0.29, 0.717) is 17.2 Å². The molecule has 0 N–H and O–H groups in total. The summed E-state index contributed by atoms with van der Waals surface area (Å²) in [7, 11) is 1.60. The van der Waals surface area contributed by atoms with E-state index in [-0.39, 0.29) is 11.7 Å². The van der Waals surface area contributed by atoms with Gasteiger partial charge in [-0.2, -0.15) is 0 Å². The zero-order chi connectivity index (χ0) is 19.5. The number of benzene rings is 3. The lowest BCUT2D eigenvalue weighted by molar-refractivity contribution is -0.113. The Morgan fingerprint density at radius 2 is 1.61 bits per heavy atom. The molecule has 0 spiro atoms. The minimum atomic E-state index is -0.359. The summed E-state index contributed by atoms with van der Waals surface area (Å²) in [6, 6.07) is 22.6. The van der Waals surface area contributed by atoms with E-state index >= 15 is 0 Å². The van der Waals surface area contributed by atoms with Crippen LogP contribution in [0.3, 0.4) is 0 Å². The van der Waals surface area contributed by atoms with E-state index in [0.717, 1.165) is 16.9 Å². The van der Waals surface area contributed by atoms with Gasteiger partial charge in [0.2, 0.25) is 0 Å². The number of anilines is 1. The first kappa shape index (κ1) is 17.7. The topological polar surface area (TPSA) is 41.9 Å². The van der Waals surface area contributed by atoms with Gasteiger partial charge in [-0.3, -0.25) is 9.69 Å². The highest BCUT2D eigenvalue weighted by Gasteiger charge is 2.32. The Bertz CT molecular complexity index is 1060. The molecule has 1 aliphatic heterocycles. The molecular formula is C23H17FN2O2. The summed E-state index contributed by atoms with van der Waals surface area (Å²) in [5.41, 5.74) is 2.51. The monoisotopic (exact) mass is 372 g/mol. The van der Waals surface area contributed by atoms with E-state index in [4.69, 9.17) is 4.74 Å². The van der Waals surface area contributed by atoms with Crippen molar-refractivity contribution in [2.24, 2.45) is 4.99 Å². The van der Waals surface area contributed by atoms with Gasteiger partial charge in [0.1, 0.15) is 23.1 Å². The smallest absolute Gasteiger partial charge is 0.282 e. The number of carbonyl (C=O) groups is 1. The van der Waals surface area contributed by atoms with Crippen LogP contribution in [0, 0.1) is 5.82 Å². The number of methoxy groups -OCH3 is 1. The summed E-state index contributed by atoms with van der Waals surface area (Å²) in [6.45, 7) is 0. The Kier molecular flexibility index (Phi) is 4.72. The summed E-state index contributed by atoms with van der Waals surface area (Å²) < 4.78 is 18.5. The zero-order valence-electron chi connectivity index (χ0n) is 15.2. The minimum Gasteiger partial charge on any atom is -0.497 e. The predicted octanol–water partition coefficient (Wildman–Crippen LogP) is 4.67. The average Bonchev–Trinajstić information content (AvgIpc) is 3.06. The van der Waals surface area contributed by atoms with Crippen molar-refractivity contribution in [3.05, 3.63) is 102 Å². The van der Waals surface area contributed by atoms with Gasteiger partial charge in [-0.15, -0.1) is 0 Å². The first-order valence-electron chi connectivity index (χ1n) is 8.75. The fraction of sp³-hybridized carbons (Fsp3) is 0.0435. The Morgan fingerprint density at radius 3 is 2.25 bits per heavy atom. The fourth-order valence-corrected chi connectivity index (χ4v) is 2.99. The lowest BCUT2D eigenvalue weighted by atomic mass is 10.1. The van der Waals surface area contributed by atoms with Crippen LogP contribution in [-0.4, -0.2) is 18.9 Å². The highest BCUT2D eigenvalue weighted by Crippen LogP contribution is 2.28. The molecule has 1 aliphatic rings. The highest BCUT2D eigenvalue weighted by molar-refractivity contribution is 6.33. The van der Waals surface area contributed by atoms with Crippen molar-refractivity contribution >= 4 is 23.5 Å². The maximum absolute atomic E-state index is 13.4. The van der Waals surface area contributed by atoms with Crippen molar-refractivity contribution in [3.8, 4) is 5.75 Å². The van der Waals surface area contributed by atoms with Gasteiger partial charge in [0.25, 0.3) is 5.91 Å². The molecular weight excluding hydrogens is 355 g/mol. The summed E-state index contributed by atoms with van der Waals surface area (Å²) in [5.74, 6) is 0.627. The van der Waals surface area contributed by atoms with Gasteiger partial charge in [-0.25, -0.2) is 9.38 Å². The van der Waals surface area contributed by atoms with Crippen LogP contribution < -0.4 is 9.64 Å². The van der Waals surface area contributed by atoms with E-state index in [1.54, 1.807) is 25.3 Å². The first-order chi connectivity index (χ1) is 13.7. The number of ether oxygens (including phenoxy) is 1. The SMILES string of the molecule is COc1ccc(/C=C2/N=C(c3ccccc3)N(c3ccc(F)cc3)C2=O)cc1. The number of carbonyl (C=O) groups excluding carboxylic acids is 1. The van der Waals surface area contributed by atoms with Gasteiger partial charge in [0.05, 0.1) is 12.8 Å². The lowest BCUT2D eigenvalue weighted by Gasteiger charge is -2.18. The van der Waals surface area contributed by atoms with E-state index < -0.39 is 0 Å². The number of rotatable bonds is 4. The van der Waals surface area contributed by atoms with Crippen LogP contribution in [-0.2, 0) is 4.79 Å². The zero-order valence-corrected chi connectivity index (χ0v) is 15.2. The van der Waals surface area contributed by atoms with Crippen LogP contribution in [0.15, 0.2) is 89.6 Å². The van der Waals surface area contributed by atoms with Gasteiger partial charge in [-0.05, 0) is 48.0 Å². The molecule has 0 saturated heterocycles. The number of amidine groups is 1. The standard InChI is InChI=1S/C23H17FN2O2/c1-28-20-13-7-16(8-14-20)15-21-23(27)26(19-11-9-18(24)10-12-19)22(25-21)17-5-3-2-4-6-17/h2-15H,1H3/b21-15+. The number of hydrogen-bond donors (Lipinski definition) is 0. The maximum atomic E-state index is 13.4. The van der Waals surface area contributed by atoms with Crippen LogP contribution in [0.1, 0.15) is 11.1 Å². The number of aliphatic imine (C=N–C) groups is 1. The number of amides is 1. The van der Waals surface area contributed by atoms with Gasteiger partial charge < -0.3 is 4.74 Å². The molecule has 4 nitrogen and oxygen atoms in total. The van der Waals surface area contributed by atoms with Crippen molar-refractivity contribution in [2.75, 3.05) is 12.0 Å². The van der Waals surface area contributed by atoms with Crippen molar-refractivity contribution in [2.45, 2.75) is 0 Å². The Labute approximate surface area is 162 Å². The average molecular weight is 372 g/mol. The Balaban J connectivity index is 1.78. The molecule has 28 heavy (non-hydrogen) atoms. The van der Waals surface area contributed by atoms with E-state index in [1.807, 2.05) is 54.6 Å². The second kappa shape index (κ2) is 7.48. The number of halogens is 1. The lowest BCUT2D eigenvalue weighted by Crippen LogP contribution is -2.32. The second-order valence-electron chi connectivity index (χ2n) is 6.22. The molecule has 1 amide bonds. The third-order valence-corrected chi connectivity index (χ3v) is 4.40. The molecule has 0 radical (unpaired) electrons. The highest BCUT2D eigenvalue weighted by atomic mass is 19.1. The molecule has 0 fully saturated rings. The van der Waals surface area contributed by atoms with Gasteiger partial charge in [0.15, 0.2) is 0 Å². The number of hydrogen-bond acceptors (Lipinski definition) is 3. The second-order valence-corrected chi connectivity index (χ2v) is 6.22. The van der Waals surface area contributed by atoms with Crippen LogP contribution >= 0.6 is 0 Å². The predicted molar refractivity (Wildman–Crippen MR) is 108 cm³/mol. The third kappa shape index (κ3) is 3.42. The fourth-order valence-electron chi connectivity index (χ4n) is 2.99. The summed E-state index contributed by atoms with van der Waals surface area (Å²) >= 11 is 0. The summed E-state index contributed by atoms with van der Waals surface area (Å²) in [6.07, 6.45) is 1.73. The Hall–Kier alpha value is -3.73. The van der Waals surface area contributed by atoms with Crippen molar-refractivity contribution in [1.82, 2.24) is 0 Å². The molecule has 0 unspecified atom stereocenters. The third-order valence-electron chi connectivity index (χ3n) is 4.40. The van der Waals surface area contributed by atoms with Crippen molar-refractivity contribution in [3.63, 3.8) is 0 Å². The molecule has 3 aromatic carbocycles. The first-order valence-corrected chi connectivity index (χ1v) is 8.75. The van der Waals surface area contributed by atoms with Crippen LogP contribution in [0.2, 0.25) is 0 Å².